The van der Waals surface area contributed by atoms with Crippen LogP contribution in [-0.4, -0.2) is 31.6 Å². The van der Waals surface area contributed by atoms with E-state index >= 15 is 0 Å². The number of aromatic amines is 1. The SMILES string of the molecule is Cc1[nH]c2ccccc2c1/C=N\NC(=O)Cn1c(-c2ccccn2)nc2ccccc21. The van der Waals surface area contributed by atoms with Crippen molar-refractivity contribution in [2.24, 2.45) is 5.10 Å². The number of para-hydroxylation sites is 3. The number of benzene rings is 2. The van der Waals surface area contributed by atoms with Crippen LogP contribution < -0.4 is 5.43 Å². The third-order valence-corrected chi connectivity index (χ3v) is 5.18. The normalized spacial score (nSPS) is 11.5. The van der Waals surface area contributed by atoms with Crippen molar-refractivity contribution < 1.29 is 4.79 Å². The second-order valence-electron chi connectivity index (χ2n) is 7.23. The van der Waals surface area contributed by atoms with Crippen LogP contribution in [0, 0.1) is 6.92 Å². The van der Waals surface area contributed by atoms with Crippen LogP contribution in [0.3, 0.4) is 0 Å². The zero-order valence-corrected chi connectivity index (χ0v) is 16.9. The fraction of sp³-hybridized carbons (Fsp3) is 0.0833. The Labute approximate surface area is 178 Å². The van der Waals surface area contributed by atoms with Gasteiger partial charge in [-0.05, 0) is 37.3 Å². The minimum Gasteiger partial charge on any atom is -0.358 e. The lowest BCUT2D eigenvalue weighted by Crippen LogP contribution is -2.23. The standard InChI is InChI=1S/C24H20N6O/c1-16-18(17-8-2-3-9-19(17)27-16)14-26-29-23(31)15-30-22-12-5-4-10-20(22)28-24(30)21-11-6-7-13-25-21/h2-14,27H,15H2,1H3,(H,29,31)/b26-14-. The summed E-state index contributed by atoms with van der Waals surface area (Å²) in [6, 6.07) is 21.4. The number of H-pyrrole nitrogens is 1. The van der Waals surface area contributed by atoms with Crippen LogP contribution in [0.1, 0.15) is 11.3 Å². The lowest BCUT2D eigenvalue weighted by atomic mass is 10.1. The van der Waals surface area contributed by atoms with Crippen molar-refractivity contribution in [2.45, 2.75) is 13.5 Å². The lowest BCUT2D eigenvalue weighted by molar-refractivity contribution is -0.121. The molecule has 0 spiro atoms. The van der Waals surface area contributed by atoms with Crippen molar-refractivity contribution in [1.82, 2.24) is 24.9 Å². The number of hydrazone groups is 1. The van der Waals surface area contributed by atoms with Gasteiger partial charge in [-0.1, -0.05) is 36.4 Å². The van der Waals surface area contributed by atoms with Crippen LogP contribution >= 0.6 is 0 Å². The summed E-state index contributed by atoms with van der Waals surface area (Å²) in [6.45, 7) is 2.07. The largest absolute Gasteiger partial charge is 0.358 e. The van der Waals surface area contributed by atoms with Crippen molar-refractivity contribution in [3.8, 4) is 11.5 Å². The molecule has 0 aliphatic carbocycles. The van der Waals surface area contributed by atoms with E-state index in [-0.39, 0.29) is 12.5 Å². The molecule has 0 fully saturated rings. The summed E-state index contributed by atoms with van der Waals surface area (Å²) in [7, 11) is 0. The summed E-state index contributed by atoms with van der Waals surface area (Å²) in [4.78, 5) is 25.1. The zero-order valence-electron chi connectivity index (χ0n) is 16.9. The molecule has 0 atom stereocenters. The fourth-order valence-corrected chi connectivity index (χ4v) is 3.74. The predicted octanol–water partition coefficient (Wildman–Crippen LogP) is 4.04. The van der Waals surface area contributed by atoms with Crippen molar-refractivity contribution in [3.05, 3.63) is 84.2 Å². The molecule has 0 bridgehead atoms. The van der Waals surface area contributed by atoms with Crippen molar-refractivity contribution >= 4 is 34.1 Å². The highest BCUT2D eigenvalue weighted by molar-refractivity contribution is 6.00. The molecular formula is C24H20N6O. The smallest absolute Gasteiger partial charge is 0.260 e. The van der Waals surface area contributed by atoms with Crippen LogP contribution in [0.25, 0.3) is 33.5 Å². The van der Waals surface area contributed by atoms with E-state index in [9.17, 15) is 4.79 Å². The lowest BCUT2D eigenvalue weighted by Gasteiger charge is -2.07. The number of fused-ring (bicyclic) bond motifs is 2. The van der Waals surface area contributed by atoms with Gasteiger partial charge in [0.15, 0.2) is 5.82 Å². The van der Waals surface area contributed by atoms with Gasteiger partial charge in [0, 0.05) is 28.4 Å². The second-order valence-corrected chi connectivity index (χ2v) is 7.23. The maximum Gasteiger partial charge on any atom is 0.260 e. The van der Waals surface area contributed by atoms with E-state index in [1.807, 2.05) is 78.2 Å². The Morgan fingerprint density at radius 2 is 1.90 bits per heavy atom. The summed E-state index contributed by atoms with van der Waals surface area (Å²) in [5.74, 6) is 0.405. The molecule has 0 saturated carbocycles. The molecule has 0 saturated heterocycles. The number of pyridine rings is 1. The van der Waals surface area contributed by atoms with Crippen molar-refractivity contribution in [3.63, 3.8) is 0 Å². The number of nitrogens with zero attached hydrogens (tertiary/aromatic N) is 4. The van der Waals surface area contributed by atoms with E-state index in [4.69, 9.17) is 0 Å². The summed E-state index contributed by atoms with van der Waals surface area (Å²) in [6.07, 6.45) is 3.39. The van der Waals surface area contributed by atoms with Gasteiger partial charge in [0.1, 0.15) is 12.2 Å². The monoisotopic (exact) mass is 408 g/mol. The Kier molecular flexibility index (Phi) is 4.76. The molecule has 5 aromatic rings. The first kappa shape index (κ1) is 18.7. The Morgan fingerprint density at radius 1 is 1.10 bits per heavy atom. The summed E-state index contributed by atoms with van der Waals surface area (Å²) >= 11 is 0. The van der Waals surface area contributed by atoms with Gasteiger partial charge in [-0.15, -0.1) is 0 Å². The van der Waals surface area contributed by atoms with E-state index in [1.165, 1.54) is 0 Å². The second kappa shape index (κ2) is 7.87. The highest BCUT2D eigenvalue weighted by Crippen LogP contribution is 2.23. The zero-order chi connectivity index (χ0) is 21.2. The average Bonchev–Trinajstić information content (AvgIpc) is 3.32. The number of amides is 1. The first-order chi connectivity index (χ1) is 15.2. The molecule has 152 valence electrons. The number of imidazole rings is 1. The molecule has 31 heavy (non-hydrogen) atoms. The number of hydrogen-bond acceptors (Lipinski definition) is 4. The Bertz CT molecular complexity index is 1410. The number of carbonyl (C=O) groups is 1. The van der Waals surface area contributed by atoms with E-state index in [0.717, 1.165) is 33.2 Å². The number of carbonyl (C=O) groups excluding carboxylic acids is 1. The van der Waals surface area contributed by atoms with Crippen LogP contribution in [0.5, 0.6) is 0 Å². The fourth-order valence-electron chi connectivity index (χ4n) is 3.74. The molecule has 1 amide bonds. The first-order valence-corrected chi connectivity index (χ1v) is 9.96. The Hall–Kier alpha value is -4.26. The van der Waals surface area contributed by atoms with E-state index < -0.39 is 0 Å². The minimum atomic E-state index is -0.242. The highest BCUT2D eigenvalue weighted by atomic mass is 16.2. The molecule has 5 rings (SSSR count). The van der Waals surface area contributed by atoms with Crippen LogP contribution in [0.4, 0.5) is 0 Å². The first-order valence-electron chi connectivity index (χ1n) is 9.96. The summed E-state index contributed by atoms with van der Waals surface area (Å²) in [5.41, 5.74) is 8.03. The number of rotatable bonds is 5. The molecule has 2 aromatic carbocycles. The van der Waals surface area contributed by atoms with Gasteiger partial charge >= 0.3 is 0 Å². The van der Waals surface area contributed by atoms with Gasteiger partial charge < -0.3 is 9.55 Å². The highest BCUT2D eigenvalue weighted by Gasteiger charge is 2.15. The van der Waals surface area contributed by atoms with E-state index in [2.05, 4.69) is 25.5 Å². The predicted molar refractivity (Wildman–Crippen MR) is 122 cm³/mol. The van der Waals surface area contributed by atoms with Crippen LogP contribution in [-0.2, 0) is 11.3 Å². The van der Waals surface area contributed by atoms with E-state index in [0.29, 0.717) is 11.5 Å². The number of hydrogen-bond donors (Lipinski definition) is 2. The summed E-state index contributed by atoms with van der Waals surface area (Å²) < 4.78 is 1.86. The maximum atomic E-state index is 12.7. The van der Waals surface area contributed by atoms with Crippen molar-refractivity contribution in [1.29, 1.82) is 0 Å². The van der Waals surface area contributed by atoms with Crippen LogP contribution in [0.15, 0.2) is 78.0 Å². The number of nitrogens with one attached hydrogen (secondary N) is 2. The van der Waals surface area contributed by atoms with Gasteiger partial charge in [-0.3, -0.25) is 9.78 Å². The molecule has 3 aromatic heterocycles. The topological polar surface area (TPSA) is 88.0 Å². The number of aryl methyl sites for hydroxylation is 1. The molecule has 0 aliphatic rings. The molecule has 3 heterocycles. The molecule has 0 radical (unpaired) electrons. The average molecular weight is 408 g/mol. The van der Waals surface area contributed by atoms with Crippen molar-refractivity contribution in [2.75, 3.05) is 0 Å². The van der Waals surface area contributed by atoms with Gasteiger partial charge in [-0.2, -0.15) is 5.10 Å². The third-order valence-electron chi connectivity index (χ3n) is 5.18. The molecular weight excluding hydrogens is 388 g/mol. The van der Waals surface area contributed by atoms with Gasteiger partial charge in [0.25, 0.3) is 5.91 Å². The maximum absolute atomic E-state index is 12.7. The molecule has 0 aliphatic heterocycles. The Morgan fingerprint density at radius 3 is 2.77 bits per heavy atom. The third kappa shape index (κ3) is 3.57. The van der Waals surface area contributed by atoms with Gasteiger partial charge in [-0.25, -0.2) is 10.4 Å². The Balaban J connectivity index is 1.40. The van der Waals surface area contributed by atoms with Gasteiger partial charge in [0.05, 0.1) is 17.2 Å². The quantitative estimate of drug-likeness (QED) is 0.340. The molecule has 0 unspecified atom stereocenters. The van der Waals surface area contributed by atoms with E-state index in [1.54, 1.807) is 12.4 Å². The minimum absolute atomic E-state index is 0.0800. The van der Waals surface area contributed by atoms with Crippen LogP contribution in [0.2, 0.25) is 0 Å². The number of aromatic nitrogens is 4. The molecule has 2 N–H and O–H groups in total. The summed E-state index contributed by atoms with van der Waals surface area (Å²) in [5, 5.41) is 5.26. The molecule has 7 nitrogen and oxygen atoms in total. The van der Waals surface area contributed by atoms with Gasteiger partial charge in [0.2, 0.25) is 0 Å². The molecule has 7 heteroatoms.